The minimum absolute atomic E-state index is 0.0689. The average Bonchev–Trinajstić information content (AvgIpc) is 2.63. The largest absolute Gasteiger partial charge is 0.460 e. The van der Waals surface area contributed by atoms with Gasteiger partial charge in [-0.05, 0) is 24.6 Å². The van der Waals surface area contributed by atoms with Crippen LogP contribution in [0.5, 0.6) is 0 Å². The minimum atomic E-state index is -0.699. The van der Waals surface area contributed by atoms with E-state index in [1.54, 1.807) is 21.0 Å². The molecule has 1 heterocycles. The first-order valence-electron chi connectivity index (χ1n) is 7.91. The first-order chi connectivity index (χ1) is 12.3. The molecule has 9 heteroatoms. The molecule has 1 aromatic carbocycles. The molecule has 0 N–H and O–H groups in total. The van der Waals surface area contributed by atoms with Gasteiger partial charge in [-0.15, -0.1) is 0 Å². The average molecular weight is 363 g/mol. The Bertz CT molecular complexity index is 743. The molecule has 0 spiro atoms. The van der Waals surface area contributed by atoms with E-state index in [0.29, 0.717) is 16.8 Å². The molecule has 2 amide bonds. The van der Waals surface area contributed by atoms with Crippen LogP contribution >= 0.6 is 0 Å². The van der Waals surface area contributed by atoms with Crippen LogP contribution in [-0.4, -0.2) is 61.1 Å². The Balaban J connectivity index is 2.45. The molecule has 26 heavy (non-hydrogen) atoms. The number of nitro groups is 1. The standard InChI is InChI=1S/C17H21N3O6/c1-11-14(16(21)26-10-9-25-4)15(19(3)17(22)18(11)2)12-5-7-13(8-6-12)20(23)24/h5-8,15H,9-10H2,1-4H3/t15-/m1/s1. The lowest BCUT2D eigenvalue weighted by molar-refractivity contribution is -0.384. The lowest BCUT2D eigenvalue weighted by Gasteiger charge is -2.39. The van der Waals surface area contributed by atoms with Gasteiger partial charge < -0.3 is 19.3 Å². The number of carbonyl (C=O) groups excluding carboxylic acids is 2. The Kier molecular flexibility index (Phi) is 5.93. The monoisotopic (exact) mass is 363 g/mol. The van der Waals surface area contributed by atoms with Crippen molar-refractivity contribution in [1.82, 2.24) is 9.80 Å². The molecular weight excluding hydrogens is 342 g/mol. The Morgan fingerprint density at radius 2 is 1.85 bits per heavy atom. The van der Waals surface area contributed by atoms with Gasteiger partial charge in [0.05, 0.1) is 23.1 Å². The van der Waals surface area contributed by atoms with Gasteiger partial charge in [0.2, 0.25) is 0 Å². The maximum absolute atomic E-state index is 12.6. The number of hydrogen-bond acceptors (Lipinski definition) is 6. The SMILES string of the molecule is COCCOC(=O)C1=C(C)N(C)C(=O)N(C)[C@@H]1c1ccc([N+](=O)[O-])cc1. The van der Waals surface area contributed by atoms with E-state index in [1.165, 1.54) is 41.2 Å². The number of rotatable bonds is 6. The summed E-state index contributed by atoms with van der Waals surface area (Å²) >= 11 is 0. The zero-order valence-corrected chi connectivity index (χ0v) is 15.1. The first kappa shape index (κ1) is 19.4. The first-order valence-corrected chi connectivity index (χ1v) is 7.91. The van der Waals surface area contributed by atoms with E-state index in [2.05, 4.69) is 0 Å². The van der Waals surface area contributed by atoms with Crippen molar-refractivity contribution >= 4 is 17.7 Å². The summed E-state index contributed by atoms with van der Waals surface area (Å²) in [5.41, 5.74) is 1.29. The number of benzene rings is 1. The summed E-state index contributed by atoms with van der Waals surface area (Å²) in [7, 11) is 4.64. The lowest BCUT2D eigenvalue weighted by Crippen LogP contribution is -2.47. The van der Waals surface area contributed by atoms with Gasteiger partial charge in [-0.25, -0.2) is 9.59 Å². The van der Waals surface area contributed by atoms with Gasteiger partial charge in [-0.2, -0.15) is 0 Å². The van der Waals surface area contributed by atoms with Crippen molar-refractivity contribution in [1.29, 1.82) is 0 Å². The van der Waals surface area contributed by atoms with E-state index >= 15 is 0 Å². The molecule has 2 rings (SSSR count). The Labute approximate surface area is 150 Å². The van der Waals surface area contributed by atoms with Gasteiger partial charge in [-0.1, -0.05) is 0 Å². The van der Waals surface area contributed by atoms with Crippen LogP contribution in [0.3, 0.4) is 0 Å². The third-order valence-electron chi connectivity index (χ3n) is 4.30. The Morgan fingerprint density at radius 1 is 1.23 bits per heavy atom. The number of methoxy groups -OCH3 is 1. The van der Waals surface area contributed by atoms with Crippen molar-refractivity contribution in [3.05, 3.63) is 51.2 Å². The number of nitrogens with zero attached hydrogens (tertiary/aromatic N) is 3. The van der Waals surface area contributed by atoms with Gasteiger partial charge >= 0.3 is 12.0 Å². The third kappa shape index (κ3) is 3.67. The predicted molar refractivity (Wildman–Crippen MR) is 92.3 cm³/mol. The van der Waals surface area contributed by atoms with Crippen molar-refractivity contribution in [2.45, 2.75) is 13.0 Å². The summed E-state index contributed by atoms with van der Waals surface area (Å²) in [5, 5.41) is 10.9. The van der Waals surface area contributed by atoms with E-state index in [0.717, 1.165) is 0 Å². The van der Waals surface area contributed by atoms with Crippen LogP contribution in [-0.2, 0) is 14.3 Å². The summed E-state index contributed by atoms with van der Waals surface area (Å²) in [6.45, 7) is 2.00. The number of carbonyl (C=O) groups is 2. The lowest BCUT2D eigenvalue weighted by atomic mass is 9.93. The molecule has 9 nitrogen and oxygen atoms in total. The minimum Gasteiger partial charge on any atom is -0.460 e. The maximum Gasteiger partial charge on any atom is 0.338 e. The van der Waals surface area contributed by atoms with Crippen LogP contribution in [0, 0.1) is 10.1 Å². The molecule has 0 fully saturated rings. The second-order valence-electron chi connectivity index (χ2n) is 5.83. The molecule has 0 saturated carbocycles. The van der Waals surface area contributed by atoms with E-state index in [-0.39, 0.29) is 24.9 Å². The number of likely N-dealkylation sites (N-methyl/N-ethyl adjacent to an activating group) is 1. The van der Waals surface area contributed by atoms with Crippen molar-refractivity contribution in [2.24, 2.45) is 0 Å². The van der Waals surface area contributed by atoms with Crippen LogP contribution < -0.4 is 0 Å². The summed E-state index contributed by atoms with van der Waals surface area (Å²) in [4.78, 5) is 38.2. The van der Waals surface area contributed by atoms with Gasteiger partial charge in [0.25, 0.3) is 5.69 Å². The molecule has 0 aromatic heterocycles. The number of non-ortho nitro benzene ring substituents is 1. The number of nitro benzene ring substituents is 1. The number of urea groups is 1. The molecule has 1 atom stereocenters. The van der Waals surface area contributed by atoms with Crippen molar-refractivity contribution in [2.75, 3.05) is 34.4 Å². The molecule has 0 bridgehead atoms. The normalized spacial score (nSPS) is 17.5. The van der Waals surface area contributed by atoms with Crippen LogP contribution in [0.15, 0.2) is 35.5 Å². The number of ether oxygens (including phenoxy) is 2. The number of allylic oxidation sites excluding steroid dienone is 1. The highest BCUT2D eigenvalue weighted by atomic mass is 16.6. The number of esters is 1. The predicted octanol–water partition coefficient (Wildman–Crippen LogP) is 2.10. The van der Waals surface area contributed by atoms with Crippen LogP contribution in [0.2, 0.25) is 0 Å². The quantitative estimate of drug-likeness (QED) is 0.332. The third-order valence-corrected chi connectivity index (χ3v) is 4.30. The summed E-state index contributed by atoms with van der Waals surface area (Å²) < 4.78 is 10.1. The molecular formula is C17H21N3O6. The summed E-state index contributed by atoms with van der Waals surface area (Å²) in [5.74, 6) is -0.561. The maximum atomic E-state index is 12.6. The molecule has 0 radical (unpaired) electrons. The summed E-state index contributed by atoms with van der Waals surface area (Å²) in [6.07, 6.45) is 0. The molecule has 0 saturated heterocycles. The Hall–Kier alpha value is -2.94. The zero-order chi connectivity index (χ0) is 19.4. The van der Waals surface area contributed by atoms with Crippen molar-refractivity contribution in [3.8, 4) is 0 Å². The van der Waals surface area contributed by atoms with E-state index in [4.69, 9.17) is 9.47 Å². The fourth-order valence-corrected chi connectivity index (χ4v) is 2.79. The molecule has 1 aliphatic rings. The molecule has 0 unspecified atom stereocenters. The zero-order valence-electron chi connectivity index (χ0n) is 15.1. The second kappa shape index (κ2) is 7.96. The van der Waals surface area contributed by atoms with Gasteiger partial charge in [-0.3, -0.25) is 10.1 Å². The van der Waals surface area contributed by atoms with Gasteiger partial charge in [0.1, 0.15) is 6.61 Å². The topological polar surface area (TPSA) is 102 Å². The highest BCUT2D eigenvalue weighted by Crippen LogP contribution is 2.36. The van der Waals surface area contributed by atoms with E-state index < -0.39 is 16.9 Å². The molecule has 1 aromatic rings. The van der Waals surface area contributed by atoms with E-state index in [1.807, 2.05) is 0 Å². The van der Waals surface area contributed by atoms with Crippen LogP contribution in [0.25, 0.3) is 0 Å². The van der Waals surface area contributed by atoms with Crippen molar-refractivity contribution in [3.63, 3.8) is 0 Å². The molecule has 140 valence electrons. The summed E-state index contributed by atoms with van der Waals surface area (Å²) in [6, 6.07) is 4.76. The highest BCUT2D eigenvalue weighted by Gasteiger charge is 2.39. The van der Waals surface area contributed by atoms with Crippen LogP contribution in [0.4, 0.5) is 10.5 Å². The molecule has 0 aliphatic carbocycles. The fraction of sp³-hybridized carbons (Fsp3) is 0.412. The molecule has 1 aliphatic heterocycles. The Morgan fingerprint density at radius 3 is 2.38 bits per heavy atom. The second-order valence-corrected chi connectivity index (χ2v) is 5.83. The van der Waals surface area contributed by atoms with Crippen molar-refractivity contribution < 1.29 is 24.0 Å². The fourth-order valence-electron chi connectivity index (χ4n) is 2.79. The van der Waals surface area contributed by atoms with Crippen LogP contribution in [0.1, 0.15) is 18.5 Å². The highest BCUT2D eigenvalue weighted by molar-refractivity contribution is 5.94. The van der Waals surface area contributed by atoms with E-state index in [9.17, 15) is 19.7 Å². The smallest absolute Gasteiger partial charge is 0.338 e. The number of hydrogen-bond donors (Lipinski definition) is 0. The number of amides is 2. The van der Waals surface area contributed by atoms with Gasteiger partial charge in [0, 0.05) is 39.0 Å². The van der Waals surface area contributed by atoms with Gasteiger partial charge in [0.15, 0.2) is 0 Å².